The van der Waals surface area contributed by atoms with Crippen LogP contribution in [0.5, 0.6) is 0 Å². The van der Waals surface area contributed by atoms with Gasteiger partial charge in [0.2, 0.25) is 0 Å². The second kappa shape index (κ2) is 6.91. The summed E-state index contributed by atoms with van der Waals surface area (Å²) in [5.74, 6) is 0. The van der Waals surface area contributed by atoms with E-state index in [-0.39, 0.29) is 6.04 Å². The van der Waals surface area contributed by atoms with Crippen LogP contribution in [-0.2, 0) is 0 Å². The zero-order valence-corrected chi connectivity index (χ0v) is 14.3. The van der Waals surface area contributed by atoms with Crippen molar-refractivity contribution in [1.82, 2.24) is 9.80 Å². The number of rotatable bonds is 4. The van der Waals surface area contributed by atoms with Crippen LogP contribution in [0.2, 0.25) is 0 Å². The van der Waals surface area contributed by atoms with Crippen LogP contribution < -0.4 is 5.73 Å². The maximum absolute atomic E-state index is 6.53. The van der Waals surface area contributed by atoms with Gasteiger partial charge in [-0.1, -0.05) is 17.7 Å². The van der Waals surface area contributed by atoms with Gasteiger partial charge in [0.05, 0.1) is 0 Å². The van der Waals surface area contributed by atoms with E-state index in [2.05, 4.69) is 56.8 Å². The average Bonchev–Trinajstić information content (AvgIpc) is 2.37. The van der Waals surface area contributed by atoms with Crippen molar-refractivity contribution in [1.29, 1.82) is 0 Å². The van der Waals surface area contributed by atoms with E-state index in [1.165, 1.54) is 48.2 Å². The van der Waals surface area contributed by atoms with Crippen LogP contribution in [0.4, 0.5) is 0 Å². The van der Waals surface area contributed by atoms with Gasteiger partial charge in [0.15, 0.2) is 0 Å². The first-order chi connectivity index (χ1) is 9.88. The second-order valence-corrected chi connectivity index (χ2v) is 6.89. The monoisotopic (exact) mass is 289 g/mol. The number of nitrogens with two attached hydrogens (primary N) is 1. The molecule has 3 heteroatoms. The molecule has 2 N–H and O–H groups in total. The normalized spacial score (nSPS) is 19.2. The summed E-state index contributed by atoms with van der Waals surface area (Å²) in [5, 5.41) is 0. The van der Waals surface area contributed by atoms with Crippen LogP contribution in [0.15, 0.2) is 12.1 Å². The summed E-state index contributed by atoms with van der Waals surface area (Å²) in [6.07, 6.45) is 2.51. The number of hydrogen-bond donors (Lipinski definition) is 1. The molecule has 0 saturated carbocycles. The molecular weight excluding hydrogens is 258 g/mol. The molecule has 0 aliphatic carbocycles. The molecular formula is C18H31N3. The Kier molecular flexibility index (Phi) is 5.42. The minimum absolute atomic E-state index is 0.107. The smallest absolute Gasteiger partial charge is 0.0429 e. The van der Waals surface area contributed by atoms with Crippen molar-refractivity contribution in [3.63, 3.8) is 0 Å². The minimum Gasteiger partial charge on any atom is -0.323 e. The molecule has 0 radical (unpaired) electrons. The van der Waals surface area contributed by atoms with E-state index in [0.29, 0.717) is 6.04 Å². The lowest BCUT2D eigenvalue weighted by Crippen LogP contribution is -2.44. The van der Waals surface area contributed by atoms with E-state index in [1.54, 1.807) is 0 Å². The lowest BCUT2D eigenvalue weighted by Gasteiger charge is -2.36. The zero-order chi connectivity index (χ0) is 15.6. The van der Waals surface area contributed by atoms with Gasteiger partial charge in [-0.15, -0.1) is 0 Å². The van der Waals surface area contributed by atoms with Crippen molar-refractivity contribution in [2.24, 2.45) is 5.73 Å². The van der Waals surface area contributed by atoms with Crippen LogP contribution in [0, 0.1) is 20.8 Å². The van der Waals surface area contributed by atoms with Crippen molar-refractivity contribution in [2.45, 2.75) is 45.7 Å². The molecule has 1 aromatic rings. The number of hydrogen-bond acceptors (Lipinski definition) is 3. The SMILES string of the molecule is Cc1cc(C)c(C(N)CN(C)C2CCN(C)CC2)c(C)c1. The van der Waals surface area contributed by atoms with Crippen molar-refractivity contribution in [3.8, 4) is 0 Å². The molecule has 1 aliphatic heterocycles. The molecule has 2 rings (SSSR count). The Balaban J connectivity index is 2.02. The highest BCUT2D eigenvalue weighted by Crippen LogP contribution is 2.24. The Hall–Kier alpha value is -0.900. The third-order valence-electron chi connectivity index (χ3n) is 4.90. The molecule has 0 spiro atoms. The van der Waals surface area contributed by atoms with Gasteiger partial charge in [0.1, 0.15) is 0 Å². The predicted octanol–water partition coefficient (Wildman–Crippen LogP) is 2.64. The largest absolute Gasteiger partial charge is 0.323 e. The Morgan fingerprint density at radius 2 is 1.71 bits per heavy atom. The fraction of sp³-hybridized carbons (Fsp3) is 0.667. The summed E-state index contributed by atoms with van der Waals surface area (Å²) in [7, 11) is 4.44. The quantitative estimate of drug-likeness (QED) is 0.925. The maximum Gasteiger partial charge on any atom is 0.0429 e. The summed E-state index contributed by atoms with van der Waals surface area (Å²) in [4.78, 5) is 4.88. The second-order valence-electron chi connectivity index (χ2n) is 6.89. The molecule has 0 amide bonds. The molecule has 1 saturated heterocycles. The highest BCUT2D eigenvalue weighted by Gasteiger charge is 2.23. The number of aryl methyl sites for hydroxylation is 3. The van der Waals surface area contributed by atoms with Gasteiger partial charge in [-0.25, -0.2) is 0 Å². The van der Waals surface area contributed by atoms with Gasteiger partial charge < -0.3 is 15.5 Å². The molecule has 1 fully saturated rings. The van der Waals surface area contributed by atoms with E-state index >= 15 is 0 Å². The van der Waals surface area contributed by atoms with Gasteiger partial charge in [-0.3, -0.25) is 0 Å². The lowest BCUT2D eigenvalue weighted by atomic mass is 9.93. The van der Waals surface area contributed by atoms with E-state index in [4.69, 9.17) is 5.73 Å². The third kappa shape index (κ3) is 4.06. The summed E-state index contributed by atoms with van der Waals surface area (Å²) >= 11 is 0. The number of nitrogens with zero attached hydrogens (tertiary/aromatic N) is 2. The molecule has 3 nitrogen and oxygen atoms in total. The van der Waals surface area contributed by atoms with Crippen LogP contribution in [0.25, 0.3) is 0 Å². The number of likely N-dealkylation sites (N-methyl/N-ethyl adjacent to an activating group) is 1. The van der Waals surface area contributed by atoms with Gasteiger partial charge in [0.25, 0.3) is 0 Å². The first kappa shape index (κ1) is 16.5. The summed E-state index contributed by atoms with van der Waals surface area (Å²) in [6.45, 7) is 9.87. The van der Waals surface area contributed by atoms with Gasteiger partial charge in [-0.05, 0) is 77.5 Å². The fourth-order valence-corrected chi connectivity index (χ4v) is 3.76. The lowest BCUT2D eigenvalue weighted by molar-refractivity contribution is 0.139. The van der Waals surface area contributed by atoms with E-state index in [0.717, 1.165) is 6.54 Å². The average molecular weight is 289 g/mol. The number of piperidine rings is 1. The van der Waals surface area contributed by atoms with Crippen LogP contribution in [-0.4, -0.2) is 49.6 Å². The van der Waals surface area contributed by atoms with Crippen LogP contribution in [0.1, 0.15) is 41.1 Å². The van der Waals surface area contributed by atoms with Gasteiger partial charge >= 0.3 is 0 Å². The molecule has 1 aromatic carbocycles. The minimum atomic E-state index is 0.107. The van der Waals surface area contributed by atoms with E-state index in [1.807, 2.05) is 0 Å². The zero-order valence-electron chi connectivity index (χ0n) is 14.3. The molecule has 1 atom stereocenters. The predicted molar refractivity (Wildman–Crippen MR) is 90.7 cm³/mol. The Morgan fingerprint density at radius 3 is 2.24 bits per heavy atom. The fourth-order valence-electron chi connectivity index (χ4n) is 3.76. The highest BCUT2D eigenvalue weighted by molar-refractivity contribution is 5.39. The van der Waals surface area contributed by atoms with Gasteiger partial charge in [-0.2, -0.15) is 0 Å². The van der Waals surface area contributed by atoms with Crippen molar-refractivity contribution in [2.75, 3.05) is 33.7 Å². The maximum atomic E-state index is 6.53. The van der Waals surface area contributed by atoms with Crippen molar-refractivity contribution < 1.29 is 0 Å². The Morgan fingerprint density at radius 1 is 1.19 bits per heavy atom. The molecule has 118 valence electrons. The van der Waals surface area contributed by atoms with Crippen LogP contribution in [0.3, 0.4) is 0 Å². The number of benzene rings is 1. The first-order valence-electron chi connectivity index (χ1n) is 8.10. The first-order valence-corrected chi connectivity index (χ1v) is 8.10. The molecule has 21 heavy (non-hydrogen) atoms. The Bertz CT molecular complexity index is 452. The highest BCUT2D eigenvalue weighted by atomic mass is 15.2. The number of likely N-dealkylation sites (tertiary alicyclic amines) is 1. The topological polar surface area (TPSA) is 32.5 Å². The molecule has 1 aliphatic rings. The van der Waals surface area contributed by atoms with Crippen LogP contribution >= 0.6 is 0 Å². The third-order valence-corrected chi connectivity index (χ3v) is 4.90. The van der Waals surface area contributed by atoms with E-state index < -0.39 is 0 Å². The van der Waals surface area contributed by atoms with Crippen molar-refractivity contribution in [3.05, 3.63) is 34.4 Å². The standard InChI is InChI=1S/C18H31N3/c1-13-10-14(2)18(15(3)11-13)17(19)12-21(5)16-6-8-20(4)9-7-16/h10-11,16-17H,6-9,12,19H2,1-5H3. The van der Waals surface area contributed by atoms with E-state index in [9.17, 15) is 0 Å². The summed E-state index contributed by atoms with van der Waals surface area (Å²) in [6, 6.07) is 5.28. The van der Waals surface area contributed by atoms with Gasteiger partial charge in [0, 0.05) is 18.6 Å². The Labute approximate surface area is 130 Å². The molecule has 0 bridgehead atoms. The summed E-state index contributed by atoms with van der Waals surface area (Å²) < 4.78 is 0. The molecule has 1 unspecified atom stereocenters. The summed E-state index contributed by atoms with van der Waals surface area (Å²) in [5.41, 5.74) is 11.8. The van der Waals surface area contributed by atoms with Crippen molar-refractivity contribution >= 4 is 0 Å². The molecule has 1 heterocycles. The molecule has 0 aromatic heterocycles.